The zero-order valence-electron chi connectivity index (χ0n) is 12.1. The van der Waals surface area contributed by atoms with Crippen LogP contribution in [-0.4, -0.2) is 25.6 Å². The van der Waals surface area contributed by atoms with Crippen molar-refractivity contribution in [3.8, 4) is 5.75 Å². The van der Waals surface area contributed by atoms with Gasteiger partial charge in [-0.1, -0.05) is 6.92 Å². The molecule has 0 heterocycles. The minimum Gasteiger partial charge on any atom is -0.496 e. The summed E-state index contributed by atoms with van der Waals surface area (Å²) in [7, 11) is 3.21. The number of carbonyl (C=O) groups excluding carboxylic acids is 1. The fraction of sp³-hybridized carbons (Fsp3) is 0.533. The maximum absolute atomic E-state index is 12.5. The molecular weight excluding hydrogens is 228 g/mol. The van der Waals surface area contributed by atoms with Gasteiger partial charge in [0.2, 0.25) is 0 Å². The van der Waals surface area contributed by atoms with E-state index < -0.39 is 5.60 Å². The Balaban J connectivity index is 3.26. The Morgan fingerprint density at radius 2 is 1.83 bits per heavy atom. The maximum atomic E-state index is 12.5. The summed E-state index contributed by atoms with van der Waals surface area (Å²) < 4.78 is 10.6. The van der Waals surface area contributed by atoms with E-state index in [1.165, 1.54) is 0 Å². The van der Waals surface area contributed by atoms with Gasteiger partial charge in [-0.3, -0.25) is 4.79 Å². The summed E-state index contributed by atoms with van der Waals surface area (Å²) in [5.41, 5.74) is 1.82. The quantitative estimate of drug-likeness (QED) is 0.752. The molecule has 0 fully saturated rings. The van der Waals surface area contributed by atoms with E-state index >= 15 is 0 Å². The molecule has 3 heteroatoms. The number of ketones is 1. The van der Waals surface area contributed by atoms with Crippen LogP contribution in [0.2, 0.25) is 0 Å². The van der Waals surface area contributed by atoms with Gasteiger partial charge in [-0.15, -0.1) is 0 Å². The SMILES string of the molecule is CCC(C)(OC)C(=O)c1cc(C)c(OC)cc1C. The molecule has 0 radical (unpaired) electrons. The topological polar surface area (TPSA) is 35.5 Å². The van der Waals surface area contributed by atoms with Gasteiger partial charge in [0.05, 0.1) is 7.11 Å². The largest absolute Gasteiger partial charge is 0.496 e. The lowest BCUT2D eigenvalue weighted by Gasteiger charge is -2.26. The maximum Gasteiger partial charge on any atom is 0.194 e. The van der Waals surface area contributed by atoms with E-state index in [2.05, 4.69) is 0 Å². The summed E-state index contributed by atoms with van der Waals surface area (Å²) in [5.74, 6) is 0.829. The minimum absolute atomic E-state index is 0.0238. The first-order valence-corrected chi connectivity index (χ1v) is 6.14. The first-order chi connectivity index (χ1) is 8.39. The molecule has 0 bridgehead atoms. The van der Waals surface area contributed by atoms with Gasteiger partial charge in [0.15, 0.2) is 5.78 Å². The monoisotopic (exact) mass is 250 g/mol. The summed E-state index contributed by atoms with van der Waals surface area (Å²) >= 11 is 0. The molecule has 0 amide bonds. The zero-order chi connectivity index (χ0) is 13.9. The Morgan fingerprint density at radius 1 is 1.22 bits per heavy atom. The van der Waals surface area contributed by atoms with Crippen LogP contribution in [-0.2, 0) is 4.74 Å². The van der Waals surface area contributed by atoms with E-state index in [0.29, 0.717) is 12.0 Å². The molecule has 0 aliphatic heterocycles. The van der Waals surface area contributed by atoms with Crippen molar-refractivity contribution in [3.63, 3.8) is 0 Å². The molecule has 0 aromatic heterocycles. The molecule has 0 saturated carbocycles. The molecule has 100 valence electrons. The third-order valence-corrected chi connectivity index (χ3v) is 3.59. The molecule has 0 N–H and O–H groups in total. The number of Topliss-reactive ketones (excluding diaryl/α,β-unsaturated/α-hetero) is 1. The number of benzene rings is 1. The molecule has 1 aromatic rings. The van der Waals surface area contributed by atoms with Crippen molar-refractivity contribution in [1.29, 1.82) is 0 Å². The van der Waals surface area contributed by atoms with Crippen molar-refractivity contribution in [2.75, 3.05) is 14.2 Å². The lowest BCUT2D eigenvalue weighted by Crippen LogP contribution is -2.37. The Morgan fingerprint density at radius 3 is 2.28 bits per heavy atom. The van der Waals surface area contributed by atoms with Crippen molar-refractivity contribution in [2.24, 2.45) is 0 Å². The van der Waals surface area contributed by atoms with Gasteiger partial charge in [0.1, 0.15) is 11.4 Å². The third-order valence-electron chi connectivity index (χ3n) is 3.59. The number of carbonyl (C=O) groups is 1. The Kier molecular flexibility index (Phi) is 4.52. The lowest BCUT2D eigenvalue weighted by molar-refractivity contribution is 0.0105. The highest BCUT2D eigenvalue weighted by Gasteiger charge is 2.32. The normalized spacial score (nSPS) is 14.1. The van der Waals surface area contributed by atoms with Crippen molar-refractivity contribution in [2.45, 2.75) is 39.7 Å². The van der Waals surface area contributed by atoms with Crippen LogP contribution in [0.25, 0.3) is 0 Å². The molecule has 18 heavy (non-hydrogen) atoms. The predicted octanol–water partition coefficient (Wildman–Crippen LogP) is 3.31. The van der Waals surface area contributed by atoms with Crippen molar-refractivity contribution in [3.05, 3.63) is 28.8 Å². The number of aryl methyl sites for hydroxylation is 2. The van der Waals surface area contributed by atoms with Crippen LogP contribution in [0.4, 0.5) is 0 Å². The van der Waals surface area contributed by atoms with Gasteiger partial charge < -0.3 is 9.47 Å². The molecule has 0 aliphatic rings. The molecule has 3 nitrogen and oxygen atoms in total. The lowest BCUT2D eigenvalue weighted by atomic mass is 9.89. The Bertz CT molecular complexity index is 445. The van der Waals surface area contributed by atoms with Crippen LogP contribution in [0.5, 0.6) is 5.75 Å². The van der Waals surface area contributed by atoms with Gasteiger partial charge in [-0.2, -0.15) is 0 Å². The van der Waals surface area contributed by atoms with Gasteiger partial charge in [-0.05, 0) is 50.5 Å². The highest BCUT2D eigenvalue weighted by molar-refractivity contribution is 6.03. The van der Waals surface area contributed by atoms with Crippen LogP contribution in [0.1, 0.15) is 41.8 Å². The van der Waals surface area contributed by atoms with Gasteiger partial charge >= 0.3 is 0 Å². The predicted molar refractivity (Wildman–Crippen MR) is 72.5 cm³/mol. The summed E-state index contributed by atoms with van der Waals surface area (Å²) in [5, 5.41) is 0. The van der Waals surface area contributed by atoms with E-state index in [1.54, 1.807) is 14.2 Å². The fourth-order valence-corrected chi connectivity index (χ4v) is 1.94. The van der Waals surface area contributed by atoms with Crippen molar-refractivity contribution >= 4 is 5.78 Å². The number of ether oxygens (including phenoxy) is 2. The van der Waals surface area contributed by atoms with E-state index in [0.717, 1.165) is 16.9 Å². The van der Waals surface area contributed by atoms with Gasteiger partial charge in [0.25, 0.3) is 0 Å². The molecule has 1 rings (SSSR count). The number of methoxy groups -OCH3 is 2. The molecule has 1 unspecified atom stereocenters. The second-order valence-corrected chi connectivity index (χ2v) is 4.75. The van der Waals surface area contributed by atoms with Crippen LogP contribution < -0.4 is 4.74 Å². The van der Waals surface area contributed by atoms with Crippen molar-refractivity contribution < 1.29 is 14.3 Å². The van der Waals surface area contributed by atoms with E-state index in [-0.39, 0.29) is 5.78 Å². The number of rotatable bonds is 5. The molecule has 0 aliphatic carbocycles. The van der Waals surface area contributed by atoms with Crippen molar-refractivity contribution in [1.82, 2.24) is 0 Å². The average molecular weight is 250 g/mol. The summed E-state index contributed by atoms with van der Waals surface area (Å²) in [6.07, 6.45) is 0.646. The first kappa shape index (κ1) is 14.7. The molecule has 1 aromatic carbocycles. The number of hydrogen-bond donors (Lipinski definition) is 0. The Hall–Kier alpha value is -1.35. The molecular formula is C15H22O3. The highest BCUT2D eigenvalue weighted by atomic mass is 16.5. The molecule has 0 saturated heterocycles. The van der Waals surface area contributed by atoms with Crippen LogP contribution in [0.3, 0.4) is 0 Å². The van der Waals surface area contributed by atoms with Crippen LogP contribution in [0.15, 0.2) is 12.1 Å². The van der Waals surface area contributed by atoms with Gasteiger partial charge in [-0.25, -0.2) is 0 Å². The zero-order valence-corrected chi connectivity index (χ0v) is 12.1. The summed E-state index contributed by atoms with van der Waals surface area (Å²) in [6.45, 7) is 7.63. The minimum atomic E-state index is -0.758. The number of hydrogen-bond acceptors (Lipinski definition) is 3. The third kappa shape index (κ3) is 2.56. The summed E-state index contributed by atoms with van der Waals surface area (Å²) in [6, 6.07) is 3.78. The van der Waals surface area contributed by atoms with Gasteiger partial charge in [0, 0.05) is 12.7 Å². The molecule has 0 spiro atoms. The smallest absolute Gasteiger partial charge is 0.194 e. The van der Waals surface area contributed by atoms with E-state index in [4.69, 9.17) is 9.47 Å². The fourth-order valence-electron chi connectivity index (χ4n) is 1.94. The van der Waals surface area contributed by atoms with Crippen LogP contribution >= 0.6 is 0 Å². The second-order valence-electron chi connectivity index (χ2n) is 4.75. The van der Waals surface area contributed by atoms with E-state index in [1.807, 2.05) is 39.8 Å². The second kappa shape index (κ2) is 5.53. The molecule has 1 atom stereocenters. The standard InChI is InChI=1S/C15H22O3/c1-7-15(4,18-6)14(16)12-8-11(3)13(17-5)9-10(12)2/h8-9H,7H2,1-6H3. The van der Waals surface area contributed by atoms with E-state index in [9.17, 15) is 4.79 Å². The Labute approximate surface area is 109 Å². The summed E-state index contributed by atoms with van der Waals surface area (Å²) in [4.78, 5) is 12.5. The van der Waals surface area contributed by atoms with Crippen LogP contribution in [0, 0.1) is 13.8 Å². The first-order valence-electron chi connectivity index (χ1n) is 6.14. The highest BCUT2D eigenvalue weighted by Crippen LogP contribution is 2.27. The average Bonchev–Trinajstić information content (AvgIpc) is 2.39.